The van der Waals surface area contributed by atoms with Crippen LogP contribution in [0.4, 0.5) is 5.82 Å². The molecular weight excluding hydrogens is 226 g/mol. The van der Waals surface area contributed by atoms with E-state index in [4.69, 9.17) is 14.6 Å². The Morgan fingerprint density at radius 1 is 1.47 bits per heavy atom. The van der Waals surface area contributed by atoms with Gasteiger partial charge in [-0.15, -0.1) is 0 Å². The van der Waals surface area contributed by atoms with Gasteiger partial charge >= 0.3 is 5.97 Å². The molecule has 0 amide bonds. The smallest absolute Gasteiger partial charge is 0.341 e. The summed E-state index contributed by atoms with van der Waals surface area (Å²) in [5.41, 5.74) is 0. The van der Waals surface area contributed by atoms with Crippen molar-refractivity contribution in [3.8, 4) is 5.88 Å². The van der Waals surface area contributed by atoms with E-state index in [1.165, 1.54) is 6.33 Å². The summed E-state index contributed by atoms with van der Waals surface area (Å²) in [4.78, 5) is 20.4. The molecule has 92 valence electrons. The number of rotatable bonds is 4. The van der Waals surface area contributed by atoms with Crippen LogP contribution in [0.2, 0.25) is 0 Å². The highest BCUT2D eigenvalue weighted by atomic mass is 16.5. The van der Waals surface area contributed by atoms with Crippen LogP contribution in [0.5, 0.6) is 5.88 Å². The second-order valence-corrected chi connectivity index (χ2v) is 3.50. The van der Waals surface area contributed by atoms with Crippen LogP contribution in [0.3, 0.4) is 0 Å². The summed E-state index contributed by atoms with van der Waals surface area (Å²) < 4.78 is 10.2. The molecule has 1 saturated heterocycles. The van der Waals surface area contributed by atoms with Gasteiger partial charge in [0.15, 0.2) is 6.61 Å². The number of hydrogen-bond donors (Lipinski definition) is 1. The maximum absolute atomic E-state index is 10.4. The van der Waals surface area contributed by atoms with Crippen molar-refractivity contribution in [2.75, 3.05) is 37.8 Å². The van der Waals surface area contributed by atoms with Gasteiger partial charge in [0.2, 0.25) is 5.88 Å². The zero-order valence-electron chi connectivity index (χ0n) is 9.20. The second-order valence-electron chi connectivity index (χ2n) is 3.50. The summed E-state index contributed by atoms with van der Waals surface area (Å²) in [5, 5.41) is 8.50. The Labute approximate surface area is 98.0 Å². The quantitative estimate of drug-likeness (QED) is 0.777. The number of carboxylic acid groups (broad SMARTS) is 1. The first kappa shape index (κ1) is 11.6. The predicted octanol–water partition coefficient (Wildman–Crippen LogP) is -0.223. The van der Waals surface area contributed by atoms with Gasteiger partial charge in [-0.1, -0.05) is 0 Å². The molecule has 2 rings (SSSR count). The first-order chi connectivity index (χ1) is 8.25. The summed E-state index contributed by atoms with van der Waals surface area (Å²) in [6.45, 7) is 2.44. The van der Waals surface area contributed by atoms with Crippen LogP contribution in [0.25, 0.3) is 0 Å². The van der Waals surface area contributed by atoms with Gasteiger partial charge < -0.3 is 19.5 Å². The van der Waals surface area contributed by atoms with Gasteiger partial charge in [-0.3, -0.25) is 0 Å². The van der Waals surface area contributed by atoms with Crippen LogP contribution in [0.15, 0.2) is 12.4 Å². The van der Waals surface area contributed by atoms with E-state index >= 15 is 0 Å². The first-order valence-corrected chi connectivity index (χ1v) is 5.25. The molecule has 1 aliphatic heterocycles. The normalized spacial score (nSPS) is 15.6. The van der Waals surface area contributed by atoms with Crippen molar-refractivity contribution in [3.05, 3.63) is 12.4 Å². The van der Waals surface area contributed by atoms with Gasteiger partial charge in [0.1, 0.15) is 12.1 Å². The zero-order chi connectivity index (χ0) is 12.1. The van der Waals surface area contributed by atoms with Crippen molar-refractivity contribution in [2.24, 2.45) is 0 Å². The highest BCUT2D eigenvalue weighted by Gasteiger charge is 2.13. The minimum absolute atomic E-state index is 0.267. The van der Waals surface area contributed by atoms with E-state index in [-0.39, 0.29) is 5.88 Å². The molecule has 2 heterocycles. The van der Waals surface area contributed by atoms with Crippen LogP contribution in [-0.4, -0.2) is 54.0 Å². The molecule has 0 aliphatic carbocycles. The fourth-order valence-corrected chi connectivity index (χ4v) is 1.51. The molecular formula is C10H13N3O4. The molecule has 0 radical (unpaired) electrons. The molecule has 1 aromatic heterocycles. The van der Waals surface area contributed by atoms with E-state index in [2.05, 4.69) is 9.97 Å². The van der Waals surface area contributed by atoms with Gasteiger partial charge in [-0.2, -0.15) is 0 Å². The van der Waals surface area contributed by atoms with Gasteiger partial charge in [0.05, 0.1) is 13.2 Å². The highest BCUT2D eigenvalue weighted by molar-refractivity contribution is 5.68. The number of carbonyl (C=O) groups is 1. The van der Waals surface area contributed by atoms with E-state index in [1.54, 1.807) is 6.07 Å². The monoisotopic (exact) mass is 239 g/mol. The van der Waals surface area contributed by atoms with E-state index in [0.717, 1.165) is 18.9 Å². The third-order valence-electron chi connectivity index (χ3n) is 2.31. The Bertz CT molecular complexity index is 393. The third-order valence-corrected chi connectivity index (χ3v) is 2.31. The van der Waals surface area contributed by atoms with Gasteiger partial charge in [-0.05, 0) is 0 Å². The van der Waals surface area contributed by atoms with E-state index in [1.807, 2.05) is 4.90 Å². The summed E-state index contributed by atoms with van der Waals surface area (Å²) >= 11 is 0. The summed E-state index contributed by atoms with van der Waals surface area (Å²) in [6.07, 6.45) is 1.36. The van der Waals surface area contributed by atoms with Crippen LogP contribution in [-0.2, 0) is 9.53 Å². The molecule has 1 fully saturated rings. The van der Waals surface area contributed by atoms with E-state index in [0.29, 0.717) is 13.2 Å². The molecule has 0 bridgehead atoms. The minimum atomic E-state index is -1.03. The van der Waals surface area contributed by atoms with Gasteiger partial charge in [0, 0.05) is 19.2 Å². The molecule has 7 heteroatoms. The molecule has 17 heavy (non-hydrogen) atoms. The summed E-state index contributed by atoms with van der Waals surface area (Å²) in [7, 11) is 0. The molecule has 1 aromatic rings. The van der Waals surface area contributed by atoms with Crippen molar-refractivity contribution < 1.29 is 19.4 Å². The fourth-order valence-electron chi connectivity index (χ4n) is 1.51. The molecule has 1 N–H and O–H groups in total. The van der Waals surface area contributed by atoms with Crippen molar-refractivity contribution in [1.29, 1.82) is 0 Å². The minimum Gasteiger partial charge on any atom is -0.479 e. The lowest BCUT2D eigenvalue weighted by Gasteiger charge is -2.27. The average Bonchev–Trinajstić information content (AvgIpc) is 2.38. The maximum atomic E-state index is 10.4. The van der Waals surface area contributed by atoms with Crippen molar-refractivity contribution in [1.82, 2.24) is 9.97 Å². The first-order valence-electron chi connectivity index (χ1n) is 5.25. The van der Waals surface area contributed by atoms with Crippen molar-refractivity contribution in [2.45, 2.75) is 0 Å². The fraction of sp³-hybridized carbons (Fsp3) is 0.500. The number of aromatic nitrogens is 2. The molecule has 0 saturated carbocycles. The summed E-state index contributed by atoms with van der Waals surface area (Å²) in [5.74, 6) is -0.0379. The Balaban J connectivity index is 2.02. The standard InChI is InChI=1S/C10H13N3O4/c14-10(15)6-17-9-5-8(11-7-12-9)13-1-3-16-4-2-13/h5,7H,1-4,6H2,(H,14,15). The van der Waals surface area contributed by atoms with E-state index in [9.17, 15) is 4.79 Å². The summed E-state index contributed by atoms with van der Waals surface area (Å²) in [6, 6.07) is 1.63. The number of anilines is 1. The molecule has 0 aromatic carbocycles. The number of aliphatic carboxylic acids is 1. The maximum Gasteiger partial charge on any atom is 0.341 e. The Morgan fingerprint density at radius 3 is 2.94 bits per heavy atom. The number of nitrogens with zero attached hydrogens (tertiary/aromatic N) is 3. The zero-order valence-corrected chi connectivity index (χ0v) is 9.20. The van der Waals surface area contributed by atoms with Crippen LogP contribution in [0.1, 0.15) is 0 Å². The Morgan fingerprint density at radius 2 is 2.24 bits per heavy atom. The predicted molar refractivity (Wildman–Crippen MR) is 58.2 cm³/mol. The third kappa shape index (κ3) is 3.28. The molecule has 0 spiro atoms. The Kier molecular flexibility index (Phi) is 3.71. The number of carboxylic acids is 1. The van der Waals surface area contributed by atoms with Crippen LogP contribution in [0, 0.1) is 0 Å². The molecule has 7 nitrogen and oxygen atoms in total. The van der Waals surface area contributed by atoms with Gasteiger partial charge in [0.25, 0.3) is 0 Å². The van der Waals surface area contributed by atoms with Crippen molar-refractivity contribution >= 4 is 11.8 Å². The lowest BCUT2D eigenvalue weighted by Crippen LogP contribution is -2.36. The number of morpholine rings is 1. The lowest BCUT2D eigenvalue weighted by molar-refractivity contribution is -0.139. The van der Waals surface area contributed by atoms with Crippen LogP contribution >= 0.6 is 0 Å². The second kappa shape index (κ2) is 5.44. The highest BCUT2D eigenvalue weighted by Crippen LogP contribution is 2.16. The average molecular weight is 239 g/mol. The Hall–Kier alpha value is -1.89. The van der Waals surface area contributed by atoms with Crippen LogP contribution < -0.4 is 9.64 Å². The number of hydrogen-bond acceptors (Lipinski definition) is 6. The molecule has 0 atom stereocenters. The SMILES string of the molecule is O=C(O)COc1cc(N2CCOCC2)ncn1. The molecule has 1 aliphatic rings. The number of ether oxygens (including phenoxy) is 2. The van der Waals surface area contributed by atoms with Crippen molar-refractivity contribution in [3.63, 3.8) is 0 Å². The van der Waals surface area contributed by atoms with E-state index < -0.39 is 12.6 Å². The topological polar surface area (TPSA) is 84.8 Å². The lowest BCUT2D eigenvalue weighted by atomic mass is 10.4. The van der Waals surface area contributed by atoms with Gasteiger partial charge in [-0.25, -0.2) is 14.8 Å². The largest absolute Gasteiger partial charge is 0.479 e. The molecule has 0 unspecified atom stereocenters.